The molecule has 20 heavy (non-hydrogen) atoms. The van der Waals surface area contributed by atoms with Gasteiger partial charge in [0.1, 0.15) is 0 Å². The van der Waals surface area contributed by atoms with E-state index in [9.17, 15) is 13.2 Å². The van der Waals surface area contributed by atoms with Crippen LogP contribution in [0.4, 0.5) is 0 Å². The van der Waals surface area contributed by atoms with Gasteiger partial charge in [-0.25, -0.2) is 12.7 Å². The van der Waals surface area contributed by atoms with Gasteiger partial charge in [-0.1, -0.05) is 6.07 Å². The number of hydrogen-bond donors (Lipinski definition) is 1. The van der Waals surface area contributed by atoms with Crippen molar-refractivity contribution in [2.75, 3.05) is 25.4 Å². The Balaban J connectivity index is 1.93. The number of aromatic nitrogens is 1. The molecule has 7 heteroatoms. The van der Waals surface area contributed by atoms with E-state index in [1.165, 1.54) is 0 Å². The van der Waals surface area contributed by atoms with Gasteiger partial charge in [-0.15, -0.1) is 0 Å². The van der Waals surface area contributed by atoms with Crippen LogP contribution in [0.2, 0.25) is 0 Å². The van der Waals surface area contributed by atoms with E-state index >= 15 is 0 Å². The zero-order valence-electron chi connectivity index (χ0n) is 11.2. The summed E-state index contributed by atoms with van der Waals surface area (Å²) in [4.78, 5) is 11.9. The number of nitrogens with two attached hydrogens (primary N) is 1. The lowest BCUT2D eigenvalue weighted by atomic mass is 9.84. The van der Waals surface area contributed by atoms with E-state index in [0.29, 0.717) is 19.6 Å². The Morgan fingerprint density at radius 3 is 2.80 bits per heavy atom. The zero-order valence-corrected chi connectivity index (χ0v) is 12.1. The first kappa shape index (κ1) is 13.8. The fourth-order valence-electron chi connectivity index (χ4n) is 3.36. The van der Waals surface area contributed by atoms with Gasteiger partial charge in [0, 0.05) is 43.9 Å². The molecule has 0 radical (unpaired) electrons. The summed E-state index contributed by atoms with van der Waals surface area (Å²) in [5.74, 6) is 0.325. The maximum absolute atomic E-state index is 12.2. The van der Waals surface area contributed by atoms with Gasteiger partial charge in [-0.2, -0.15) is 0 Å². The standard InChI is InChI=1S/C13H19N3O3S/c14-4-5-20(18,19)15-7-10-6-11(9-15)12-2-1-3-13(17)16(12)8-10/h1-3,10-11H,4-9,14H2. The fourth-order valence-corrected chi connectivity index (χ4v) is 4.76. The largest absolute Gasteiger partial charge is 0.329 e. The highest BCUT2D eigenvalue weighted by molar-refractivity contribution is 7.89. The average molecular weight is 297 g/mol. The van der Waals surface area contributed by atoms with Crippen LogP contribution in [0.3, 0.4) is 0 Å². The highest BCUT2D eigenvalue weighted by Crippen LogP contribution is 2.35. The Bertz CT molecular complexity index is 668. The highest BCUT2D eigenvalue weighted by Gasteiger charge is 2.38. The number of sulfonamides is 1. The Hall–Kier alpha value is -1.18. The third-order valence-electron chi connectivity index (χ3n) is 4.22. The Morgan fingerprint density at radius 2 is 2.05 bits per heavy atom. The minimum atomic E-state index is -3.27. The van der Waals surface area contributed by atoms with E-state index in [1.807, 2.05) is 6.07 Å². The number of piperidine rings is 1. The molecule has 2 N–H and O–H groups in total. The smallest absolute Gasteiger partial charge is 0.250 e. The van der Waals surface area contributed by atoms with Gasteiger partial charge in [0.25, 0.3) is 5.56 Å². The van der Waals surface area contributed by atoms with Crippen molar-refractivity contribution in [3.05, 3.63) is 34.2 Å². The van der Waals surface area contributed by atoms with E-state index < -0.39 is 10.0 Å². The Morgan fingerprint density at radius 1 is 1.25 bits per heavy atom. The minimum absolute atomic E-state index is 0.00592. The van der Waals surface area contributed by atoms with Gasteiger partial charge < -0.3 is 10.3 Å². The second-order valence-corrected chi connectivity index (χ2v) is 7.71. The third-order valence-corrected chi connectivity index (χ3v) is 6.05. The lowest BCUT2D eigenvalue weighted by molar-refractivity contribution is 0.186. The normalized spacial score (nSPS) is 26.2. The van der Waals surface area contributed by atoms with Crippen LogP contribution in [0.15, 0.2) is 23.0 Å². The zero-order chi connectivity index (χ0) is 14.3. The molecule has 2 aliphatic rings. The van der Waals surface area contributed by atoms with Crippen molar-refractivity contribution < 1.29 is 8.42 Å². The fraction of sp³-hybridized carbons (Fsp3) is 0.615. The number of rotatable bonds is 3. The predicted octanol–water partition coefficient (Wildman–Crippen LogP) is -0.444. The van der Waals surface area contributed by atoms with Crippen LogP contribution < -0.4 is 11.3 Å². The van der Waals surface area contributed by atoms with Gasteiger partial charge in [0.05, 0.1) is 5.75 Å². The van der Waals surface area contributed by atoms with Gasteiger partial charge in [-0.05, 0) is 18.4 Å². The molecule has 0 aromatic carbocycles. The van der Waals surface area contributed by atoms with Crippen molar-refractivity contribution in [3.63, 3.8) is 0 Å². The van der Waals surface area contributed by atoms with E-state index in [2.05, 4.69) is 0 Å². The Kier molecular flexibility index (Phi) is 3.43. The molecule has 2 atom stereocenters. The van der Waals surface area contributed by atoms with E-state index in [-0.39, 0.29) is 29.7 Å². The number of hydrogen-bond acceptors (Lipinski definition) is 4. The molecule has 2 unspecified atom stereocenters. The van der Waals surface area contributed by atoms with Crippen LogP contribution in [0, 0.1) is 5.92 Å². The lowest BCUT2D eigenvalue weighted by Gasteiger charge is -2.42. The molecular weight excluding hydrogens is 278 g/mol. The average Bonchev–Trinajstić information content (AvgIpc) is 2.40. The van der Waals surface area contributed by atoms with E-state index in [0.717, 1.165) is 12.1 Å². The minimum Gasteiger partial charge on any atom is -0.329 e. The van der Waals surface area contributed by atoms with Crippen LogP contribution in [-0.4, -0.2) is 42.7 Å². The number of pyridine rings is 1. The summed E-state index contributed by atoms with van der Waals surface area (Å²) < 4.78 is 27.7. The predicted molar refractivity (Wildman–Crippen MR) is 76.0 cm³/mol. The molecule has 3 rings (SSSR count). The first-order valence-electron chi connectivity index (χ1n) is 6.89. The van der Waals surface area contributed by atoms with Crippen molar-refractivity contribution in [2.24, 2.45) is 11.7 Å². The molecule has 1 fully saturated rings. The van der Waals surface area contributed by atoms with Crippen molar-refractivity contribution in [2.45, 2.75) is 18.9 Å². The van der Waals surface area contributed by atoms with Gasteiger partial charge >= 0.3 is 0 Å². The highest BCUT2D eigenvalue weighted by atomic mass is 32.2. The van der Waals surface area contributed by atoms with Crippen molar-refractivity contribution in [1.82, 2.24) is 8.87 Å². The molecule has 1 aromatic heterocycles. The second-order valence-electron chi connectivity index (χ2n) is 5.62. The van der Waals surface area contributed by atoms with Gasteiger partial charge in [-0.3, -0.25) is 4.79 Å². The monoisotopic (exact) mass is 297 g/mol. The van der Waals surface area contributed by atoms with Gasteiger partial charge in [0.2, 0.25) is 10.0 Å². The van der Waals surface area contributed by atoms with Crippen LogP contribution >= 0.6 is 0 Å². The summed E-state index contributed by atoms with van der Waals surface area (Å²) in [6.45, 7) is 1.71. The van der Waals surface area contributed by atoms with Crippen molar-refractivity contribution in [3.8, 4) is 0 Å². The lowest BCUT2D eigenvalue weighted by Crippen LogP contribution is -2.50. The van der Waals surface area contributed by atoms with Crippen LogP contribution in [0.25, 0.3) is 0 Å². The molecule has 1 aromatic rings. The molecule has 6 nitrogen and oxygen atoms in total. The van der Waals surface area contributed by atoms with Crippen LogP contribution in [0.5, 0.6) is 0 Å². The topological polar surface area (TPSA) is 85.4 Å². The first-order chi connectivity index (χ1) is 9.51. The third kappa shape index (κ3) is 2.30. The van der Waals surface area contributed by atoms with Crippen molar-refractivity contribution in [1.29, 1.82) is 0 Å². The molecule has 2 bridgehead atoms. The SMILES string of the molecule is NCCS(=O)(=O)N1CC2CC(C1)c1cccc(=O)n1C2. The van der Waals surface area contributed by atoms with E-state index in [1.54, 1.807) is 21.0 Å². The molecule has 3 heterocycles. The van der Waals surface area contributed by atoms with Gasteiger partial charge in [0.15, 0.2) is 0 Å². The molecule has 0 saturated carbocycles. The molecule has 0 amide bonds. The molecule has 0 aliphatic carbocycles. The summed E-state index contributed by atoms with van der Waals surface area (Å²) >= 11 is 0. The molecule has 2 aliphatic heterocycles. The number of fused-ring (bicyclic) bond motifs is 4. The first-order valence-corrected chi connectivity index (χ1v) is 8.50. The molecular formula is C13H19N3O3S. The molecule has 110 valence electrons. The Labute approximate surface area is 118 Å². The quantitative estimate of drug-likeness (QED) is 0.819. The second kappa shape index (κ2) is 4.98. The van der Waals surface area contributed by atoms with Crippen LogP contribution in [-0.2, 0) is 16.6 Å². The number of nitrogens with zero attached hydrogens (tertiary/aromatic N) is 2. The maximum Gasteiger partial charge on any atom is 0.250 e. The maximum atomic E-state index is 12.2. The van der Waals surface area contributed by atoms with Crippen LogP contribution in [0.1, 0.15) is 18.0 Å². The molecule has 0 spiro atoms. The molecule has 1 saturated heterocycles. The summed E-state index contributed by atoms with van der Waals surface area (Å²) in [7, 11) is -3.27. The summed E-state index contributed by atoms with van der Waals surface area (Å²) in [5, 5.41) is 0. The van der Waals surface area contributed by atoms with E-state index in [4.69, 9.17) is 5.73 Å². The summed E-state index contributed by atoms with van der Waals surface area (Å²) in [6.07, 6.45) is 0.956. The summed E-state index contributed by atoms with van der Waals surface area (Å²) in [6, 6.07) is 5.25. The summed E-state index contributed by atoms with van der Waals surface area (Å²) in [5.41, 5.74) is 6.35. The van der Waals surface area contributed by atoms with Crippen molar-refractivity contribution >= 4 is 10.0 Å².